The molecule has 20 heavy (non-hydrogen) atoms. The zero-order valence-corrected chi connectivity index (χ0v) is 11.7. The van der Waals surface area contributed by atoms with Gasteiger partial charge < -0.3 is 15.2 Å². The van der Waals surface area contributed by atoms with Gasteiger partial charge in [-0.1, -0.05) is 37.8 Å². The number of carboxylic acid groups (broad SMARTS) is 1. The lowest BCUT2D eigenvalue weighted by atomic mass is 9.82. The number of fused-ring (bicyclic) bond motifs is 2. The first-order chi connectivity index (χ1) is 9.66. The van der Waals surface area contributed by atoms with E-state index in [1.54, 1.807) is 0 Å². The molecule has 2 bridgehead atoms. The quantitative estimate of drug-likeness (QED) is 0.618. The number of carboxylic acids is 1. The molecule has 3 rings (SSSR count). The summed E-state index contributed by atoms with van der Waals surface area (Å²) >= 11 is 0. The summed E-state index contributed by atoms with van der Waals surface area (Å²) in [6.45, 7) is 0. The van der Waals surface area contributed by atoms with E-state index in [2.05, 4.69) is 5.32 Å². The third-order valence-corrected chi connectivity index (χ3v) is 5.24. The maximum absolute atomic E-state index is 12.5. The Morgan fingerprint density at radius 3 is 2.15 bits per heavy atom. The van der Waals surface area contributed by atoms with Crippen LogP contribution < -0.4 is 10.4 Å². The Morgan fingerprint density at radius 2 is 1.55 bits per heavy atom. The van der Waals surface area contributed by atoms with Crippen molar-refractivity contribution in [3.63, 3.8) is 0 Å². The summed E-state index contributed by atoms with van der Waals surface area (Å²) in [7, 11) is 0. The fourth-order valence-corrected chi connectivity index (χ4v) is 4.22. The van der Waals surface area contributed by atoms with Crippen LogP contribution in [0.1, 0.15) is 44.9 Å². The van der Waals surface area contributed by atoms with E-state index in [1.807, 2.05) is 12.2 Å². The Balaban J connectivity index is 1.66. The Bertz CT molecular complexity index is 423. The highest BCUT2D eigenvalue weighted by Gasteiger charge is 2.48. The SMILES string of the molecule is O=C([O-])[C@@H]1[C@H](C(=O)NC2CCCCCC2)[C@H]2C=C[C@@H]1C2. The number of carbonyl (C=O) groups is 2. The number of hydrogen-bond donors (Lipinski definition) is 1. The maximum atomic E-state index is 12.5. The maximum Gasteiger partial charge on any atom is 0.224 e. The van der Waals surface area contributed by atoms with E-state index < -0.39 is 17.8 Å². The standard InChI is InChI=1S/C16H23NO3/c18-15(17-12-5-3-1-2-4-6-12)13-10-7-8-11(9-10)14(13)16(19)20/h7-8,10-14H,1-6,9H2,(H,17,18)(H,19,20)/p-1/t10-,11+,13+,14-/m0/s1. The van der Waals surface area contributed by atoms with Crippen LogP contribution in [0.15, 0.2) is 12.2 Å². The Morgan fingerprint density at radius 1 is 0.950 bits per heavy atom. The van der Waals surface area contributed by atoms with Gasteiger partial charge in [0.1, 0.15) is 0 Å². The molecule has 0 aromatic carbocycles. The van der Waals surface area contributed by atoms with Crippen molar-refractivity contribution < 1.29 is 14.7 Å². The van der Waals surface area contributed by atoms with E-state index in [0.29, 0.717) is 0 Å². The van der Waals surface area contributed by atoms with Crippen molar-refractivity contribution in [2.75, 3.05) is 0 Å². The summed E-state index contributed by atoms with van der Waals surface area (Å²) in [5.74, 6) is -2.09. The molecule has 4 atom stereocenters. The molecular weight excluding hydrogens is 254 g/mol. The molecule has 1 N–H and O–H groups in total. The second kappa shape index (κ2) is 5.58. The second-order valence-electron chi connectivity index (χ2n) is 6.52. The number of aliphatic carboxylic acids is 1. The minimum atomic E-state index is -1.07. The Labute approximate surface area is 119 Å². The van der Waals surface area contributed by atoms with Gasteiger partial charge >= 0.3 is 0 Å². The molecule has 110 valence electrons. The summed E-state index contributed by atoms with van der Waals surface area (Å²) in [5.41, 5.74) is 0. The largest absolute Gasteiger partial charge is 0.550 e. The van der Waals surface area contributed by atoms with Crippen LogP contribution >= 0.6 is 0 Å². The fourth-order valence-electron chi connectivity index (χ4n) is 4.22. The van der Waals surface area contributed by atoms with Crippen LogP contribution in [0.25, 0.3) is 0 Å². The predicted octanol–water partition coefficient (Wildman–Crippen LogP) is 1.01. The van der Waals surface area contributed by atoms with Gasteiger partial charge in [0.15, 0.2) is 0 Å². The Hall–Kier alpha value is -1.32. The molecule has 0 spiro atoms. The molecule has 0 aromatic heterocycles. The van der Waals surface area contributed by atoms with Gasteiger partial charge in [-0.3, -0.25) is 4.79 Å². The number of rotatable bonds is 3. The van der Waals surface area contributed by atoms with Gasteiger partial charge in [0.05, 0.1) is 5.92 Å². The van der Waals surface area contributed by atoms with E-state index in [-0.39, 0.29) is 23.8 Å². The molecule has 0 unspecified atom stereocenters. The lowest BCUT2D eigenvalue weighted by Gasteiger charge is -2.29. The highest BCUT2D eigenvalue weighted by atomic mass is 16.4. The van der Waals surface area contributed by atoms with Crippen LogP contribution in [0.3, 0.4) is 0 Å². The molecule has 3 aliphatic rings. The fraction of sp³-hybridized carbons (Fsp3) is 0.750. The summed E-state index contributed by atoms with van der Waals surface area (Å²) in [4.78, 5) is 23.8. The van der Waals surface area contributed by atoms with E-state index in [0.717, 1.165) is 32.1 Å². The number of carbonyl (C=O) groups excluding carboxylic acids is 2. The van der Waals surface area contributed by atoms with Crippen molar-refractivity contribution in [1.82, 2.24) is 5.32 Å². The molecule has 4 heteroatoms. The van der Waals surface area contributed by atoms with Gasteiger partial charge in [0.25, 0.3) is 0 Å². The number of hydrogen-bond acceptors (Lipinski definition) is 3. The van der Waals surface area contributed by atoms with Crippen molar-refractivity contribution >= 4 is 11.9 Å². The molecular formula is C16H22NO3-. The van der Waals surface area contributed by atoms with Crippen molar-refractivity contribution in [1.29, 1.82) is 0 Å². The first-order valence-electron chi connectivity index (χ1n) is 7.86. The van der Waals surface area contributed by atoms with Gasteiger partial charge in [0, 0.05) is 17.9 Å². The normalized spacial score (nSPS) is 36.8. The van der Waals surface area contributed by atoms with Crippen LogP contribution in [-0.2, 0) is 9.59 Å². The molecule has 4 nitrogen and oxygen atoms in total. The first-order valence-corrected chi connectivity index (χ1v) is 7.86. The summed E-state index contributed by atoms with van der Waals surface area (Å²) in [5, 5.41) is 14.4. The molecule has 1 amide bonds. The zero-order chi connectivity index (χ0) is 14.1. The van der Waals surface area contributed by atoms with Crippen LogP contribution in [-0.4, -0.2) is 17.9 Å². The molecule has 3 aliphatic carbocycles. The monoisotopic (exact) mass is 276 g/mol. The Kier molecular flexibility index (Phi) is 3.81. The van der Waals surface area contributed by atoms with E-state index in [9.17, 15) is 14.7 Å². The van der Waals surface area contributed by atoms with Crippen LogP contribution in [0, 0.1) is 23.7 Å². The highest BCUT2D eigenvalue weighted by Crippen LogP contribution is 2.47. The highest BCUT2D eigenvalue weighted by molar-refractivity contribution is 5.86. The van der Waals surface area contributed by atoms with Gasteiger partial charge in [-0.05, 0) is 31.1 Å². The number of nitrogens with one attached hydrogen (secondary N) is 1. The molecule has 0 aromatic rings. The van der Waals surface area contributed by atoms with Crippen molar-refractivity contribution in [3.05, 3.63) is 12.2 Å². The minimum absolute atomic E-state index is 0.00474. The number of amides is 1. The van der Waals surface area contributed by atoms with Crippen LogP contribution in [0.4, 0.5) is 0 Å². The predicted molar refractivity (Wildman–Crippen MR) is 72.4 cm³/mol. The van der Waals surface area contributed by atoms with Gasteiger partial charge in [-0.15, -0.1) is 0 Å². The molecule has 0 heterocycles. The average Bonchev–Trinajstić information content (AvgIpc) is 2.93. The summed E-state index contributed by atoms with van der Waals surface area (Å²) in [6.07, 6.45) is 11.6. The molecule has 2 fully saturated rings. The lowest BCUT2D eigenvalue weighted by Crippen LogP contribution is -2.47. The van der Waals surface area contributed by atoms with Gasteiger partial charge in [0.2, 0.25) is 5.91 Å². The van der Waals surface area contributed by atoms with Crippen LogP contribution in [0.5, 0.6) is 0 Å². The lowest BCUT2D eigenvalue weighted by molar-refractivity contribution is -0.313. The molecule has 0 saturated heterocycles. The average molecular weight is 276 g/mol. The van der Waals surface area contributed by atoms with E-state index in [4.69, 9.17) is 0 Å². The smallest absolute Gasteiger partial charge is 0.224 e. The van der Waals surface area contributed by atoms with Gasteiger partial charge in [-0.25, -0.2) is 0 Å². The van der Waals surface area contributed by atoms with E-state index >= 15 is 0 Å². The number of allylic oxidation sites excluding steroid dienone is 2. The van der Waals surface area contributed by atoms with E-state index in [1.165, 1.54) is 12.8 Å². The topological polar surface area (TPSA) is 69.2 Å². The van der Waals surface area contributed by atoms with Crippen molar-refractivity contribution in [3.8, 4) is 0 Å². The molecule has 2 saturated carbocycles. The first kappa shape index (κ1) is 13.7. The van der Waals surface area contributed by atoms with Crippen molar-refractivity contribution in [2.24, 2.45) is 23.7 Å². The van der Waals surface area contributed by atoms with Gasteiger partial charge in [-0.2, -0.15) is 0 Å². The van der Waals surface area contributed by atoms with Crippen LogP contribution in [0.2, 0.25) is 0 Å². The second-order valence-corrected chi connectivity index (χ2v) is 6.52. The van der Waals surface area contributed by atoms with Crippen molar-refractivity contribution in [2.45, 2.75) is 51.0 Å². The third-order valence-electron chi connectivity index (χ3n) is 5.24. The molecule has 0 radical (unpaired) electrons. The summed E-state index contributed by atoms with van der Waals surface area (Å²) < 4.78 is 0. The third kappa shape index (κ3) is 2.48. The summed E-state index contributed by atoms with van der Waals surface area (Å²) in [6, 6.07) is 0.232. The zero-order valence-electron chi connectivity index (χ0n) is 11.7. The molecule has 0 aliphatic heterocycles. The minimum Gasteiger partial charge on any atom is -0.550 e.